The third-order valence-corrected chi connectivity index (χ3v) is 5.36. The van der Waals surface area contributed by atoms with Gasteiger partial charge < -0.3 is 4.74 Å². The van der Waals surface area contributed by atoms with Crippen molar-refractivity contribution in [1.82, 2.24) is 4.31 Å². The van der Waals surface area contributed by atoms with Crippen LogP contribution >= 0.6 is 0 Å². The van der Waals surface area contributed by atoms with Crippen molar-refractivity contribution in [1.29, 1.82) is 5.26 Å². The number of nitriles is 1. The molecule has 0 radical (unpaired) electrons. The third-order valence-electron chi connectivity index (χ3n) is 2.99. The minimum absolute atomic E-state index is 0.245. The molecule has 1 saturated heterocycles. The van der Waals surface area contributed by atoms with Crippen LogP contribution in [0.1, 0.15) is 33.1 Å². The maximum atomic E-state index is 12.5. The Morgan fingerprint density at radius 1 is 1.39 bits per heavy atom. The van der Waals surface area contributed by atoms with Gasteiger partial charge in [-0.3, -0.25) is 0 Å². The van der Waals surface area contributed by atoms with E-state index in [0.717, 1.165) is 0 Å². The molecule has 0 aromatic rings. The summed E-state index contributed by atoms with van der Waals surface area (Å²) in [7, 11) is -3.29. The van der Waals surface area contributed by atoms with E-state index >= 15 is 0 Å². The summed E-state index contributed by atoms with van der Waals surface area (Å²) in [6, 6.07) is 2.02. The molecular weight excluding hydrogens is 252 g/mol. The van der Waals surface area contributed by atoms with Gasteiger partial charge in [0.25, 0.3) is 0 Å². The van der Waals surface area contributed by atoms with E-state index in [1.165, 1.54) is 4.31 Å². The molecule has 0 amide bonds. The van der Waals surface area contributed by atoms with Gasteiger partial charge >= 0.3 is 0 Å². The molecule has 1 aliphatic rings. The molecule has 5 nitrogen and oxygen atoms in total. The molecule has 1 aliphatic heterocycles. The fourth-order valence-electron chi connectivity index (χ4n) is 2.09. The standard InChI is InChI=1S/C12H22N2O3S/c1-11(2)10-14(7-3-6-13)18(15,16)12-4-8-17-9-5-12/h11-12H,3-5,7-10H2,1-2H3. The average Bonchev–Trinajstić information content (AvgIpc) is 2.35. The first-order valence-corrected chi connectivity index (χ1v) is 7.92. The van der Waals surface area contributed by atoms with Crippen molar-refractivity contribution in [3.05, 3.63) is 0 Å². The lowest BCUT2D eigenvalue weighted by atomic mass is 10.2. The molecular formula is C12H22N2O3S. The number of rotatable bonds is 6. The van der Waals surface area contributed by atoms with Crippen LogP contribution in [0.25, 0.3) is 0 Å². The SMILES string of the molecule is CC(C)CN(CCC#N)S(=O)(=O)C1CCOCC1. The summed E-state index contributed by atoms with van der Waals surface area (Å²) in [5.74, 6) is 0.262. The Morgan fingerprint density at radius 3 is 2.50 bits per heavy atom. The maximum Gasteiger partial charge on any atom is 0.217 e. The Morgan fingerprint density at radius 2 is 2.00 bits per heavy atom. The number of hydrogen-bond acceptors (Lipinski definition) is 4. The lowest BCUT2D eigenvalue weighted by Crippen LogP contribution is -2.43. The normalized spacial score (nSPS) is 18.2. The van der Waals surface area contributed by atoms with Crippen LogP contribution in [0, 0.1) is 17.2 Å². The molecule has 0 aromatic heterocycles. The topological polar surface area (TPSA) is 70.4 Å². The Labute approximate surface area is 110 Å². The molecule has 1 rings (SSSR count). The van der Waals surface area contributed by atoms with Crippen LogP contribution in [-0.2, 0) is 14.8 Å². The molecule has 0 atom stereocenters. The zero-order valence-electron chi connectivity index (χ0n) is 11.1. The minimum Gasteiger partial charge on any atom is -0.381 e. The molecule has 0 saturated carbocycles. The molecule has 104 valence electrons. The minimum atomic E-state index is -3.29. The number of sulfonamides is 1. The molecule has 1 heterocycles. The zero-order valence-corrected chi connectivity index (χ0v) is 11.9. The van der Waals surface area contributed by atoms with Gasteiger partial charge in [-0.05, 0) is 18.8 Å². The van der Waals surface area contributed by atoms with Crippen molar-refractivity contribution in [2.24, 2.45) is 5.92 Å². The van der Waals surface area contributed by atoms with Gasteiger partial charge in [0.15, 0.2) is 0 Å². The van der Waals surface area contributed by atoms with Crippen LogP contribution in [-0.4, -0.2) is 44.3 Å². The van der Waals surface area contributed by atoms with Crippen LogP contribution in [0.3, 0.4) is 0 Å². The second-order valence-corrected chi connectivity index (χ2v) is 7.23. The zero-order chi connectivity index (χ0) is 13.6. The lowest BCUT2D eigenvalue weighted by molar-refractivity contribution is 0.0971. The fraction of sp³-hybridized carbons (Fsp3) is 0.917. The van der Waals surface area contributed by atoms with Crippen LogP contribution in [0.2, 0.25) is 0 Å². The molecule has 18 heavy (non-hydrogen) atoms. The van der Waals surface area contributed by atoms with Crippen LogP contribution in [0.5, 0.6) is 0 Å². The quantitative estimate of drug-likeness (QED) is 0.733. The summed E-state index contributed by atoms with van der Waals surface area (Å²) in [5.41, 5.74) is 0. The molecule has 0 spiro atoms. The van der Waals surface area contributed by atoms with E-state index in [1.807, 2.05) is 19.9 Å². The van der Waals surface area contributed by atoms with E-state index in [4.69, 9.17) is 10.00 Å². The molecule has 0 bridgehead atoms. The summed E-state index contributed by atoms with van der Waals surface area (Å²) in [6.45, 7) is 5.78. The van der Waals surface area contributed by atoms with E-state index < -0.39 is 10.0 Å². The fourth-order valence-corrected chi connectivity index (χ4v) is 4.15. The van der Waals surface area contributed by atoms with Crippen molar-refractivity contribution in [2.45, 2.75) is 38.4 Å². The average molecular weight is 274 g/mol. The number of nitrogens with zero attached hydrogens (tertiary/aromatic N) is 2. The first-order valence-electron chi connectivity index (χ1n) is 6.42. The first-order chi connectivity index (χ1) is 8.48. The van der Waals surface area contributed by atoms with Gasteiger partial charge in [-0.15, -0.1) is 0 Å². The summed E-state index contributed by atoms with van der Waals surface area (Å²) < 4.78 is 31.7. The largest absolute Gasteiger partial charge is 0.381 e. The van der Waals surface area contributed by atoms with Crippen LogP contribution < -0.4 is 0 Å². The first kappa shape index (κ1) is 15.4. The van der Waals surface area contributed by atoms with Crippen molar-refractivity contribution in [3.8, 4) is 6.07 Å². The summed E-state index contributed by atoms with van der Waals surface area (Å²) in [6.07, 6.45) is 1.36. The molecule has 0 N–H and O–H groups in total. The highest BCUT2D eigenvalue weighted by atomic mass is 32.2. The summed E-state index contributed by atoms with van der Waals surface area (Å²) >= 11 is 0. The number of ether oxygens (including phenoxy) is 1. The highest BCUT2D eigenvalue weighted by Crippen LogP contribution is 2.20. The monoisotopic (exact) mass is 274 g/mol. The van der Waals surface area contributed by atoms with E-state index in [1.54, 1.807) is 0 Å². The second kappa shape index (κ2) is 7.07. The molecule has 1 fully saturated rings. The second-order valence-electron chi connectivity index (χ2n) is 5.02. The summed E-state index contributed by atoms with van der Waals surface area (Å²) in [4.78, 5) is 0. The number of hydrogen-bond donors (Lipinski definition) is 0. The highest BCUT2D eigenvalue weighted by Gasteiger charge is 2.33. The van der Waals surface area contributed by atoms with Crippen molar-refractivity contribution < 1.29 is 13.2 Å². The van der Waals surface area contributed by atoms with E-state index in [0.29, 0.717) is 39.1 Å². The Balaban J connectivity index is 2.77. The Bertz CT molecular complexity index is 381. The predicted octanol–water partition coefficient (Wildman–Crippen LogP) is 1.37. The summed E-state index contributed by atoms with van der Waals surface area (Å²) in [5, 5.41) is 8.29. The lowest BCUT2D eigenvalue weighted by Gasteiger charge is -2.30. The van der Waals surface area contributed by atoms with Crippen LogP contribution in [0.4, 0.5) is 0 Å². The van der Waals surface area contributed by atoms with Crippen molar-refractivity contribution in [2.75, 3.05) is 26.3 Å². The molecule has 6 heteroatoms. The van der Waals surface area contributed by atoms with Gasteiger partial charge in [0.05, 0.1) is 11.3 Å². The Hall–Kier alpha value is -0.640. The van der Waals surface area contributed by atoms with E-state index in [2.05, 4.69) is 0 Å². The Kier molecular flexibility index (Phi) is 6.06. The van der Waals surface area contributed by atoms with Gasteiger partial charge in [0.1, 0.15) is 0 Å². The van der Waals surface area contributed by atoms with Crippen molar-refractivity contribution >= 4 is 10.0 Å². The van der Waals surface area contributed by atoms with Gasteiger partial charge in [-0.25, -0.2) is 12.7 Å². The van der Waals surface area contributed by atoms with Gasteiger partial charge in [0, 0.05) is 32.7 Å². The molecule has 0 unspecified atom stereocenters. The van der Waals surface area contributed by atoms with Gasteiger partial charge in [0.2, 0.25) is 10.0 Å². The van der Waals surface area contributed by atoms with Gasteiger partial charge in [-0.2, -0.15) is 5.26 Å². The van der Waals surface area contributed by atoms with Crippen molar-refractivity contribution in [3.63, 3.8) is 0 Å². The highest BCUT2D eigenvalue weighted by molar-refractivity contribution is 7.89. The predicted molar refractivity (Wildman–Crippen MR) is 69.4 cm³/mol. The van der Waals surface area contributed by atoms with E-state index in [-0.39, 0.29) is 17.6 Å². The molecule has 0 aliphatic carbocycles. The van der Waals surface area contributed by atoms with E-state index in [9.17, 15) is 8.42 Å². The van der Waals surface area contributed by atoms with Gasteiger partial charge in [-0.1, -0.05) is 13.8 Å². The third kappa shape index (κ3) is 4.23. The smallest absolute Gasteiger partial charge is 0.217 e. The maximum absolute atomic E-state index is 12.5. The molecule has 0 aromatic carbocycles. The van der Waals surface area contributed by atoms with Crippen LogP contribution in [0.15, 0.2) is 0 Å².